The van der Waals surface area contributed by atoms with Crippen molar-refractivity contribution < 1.29 is 24.2 Å². The molecule has 0 aliphatic carbocycles. The predicted octanol–water partition coefficient (Wildman–Crippen LogP) is 8.26. The second-order valence-electron chi connectivity index (χ2n) is 13.1. The van der Waals surface area contributed by atoms with E-state index in [-0.39, 0.29) is 24.1 Å². The standard InChI is InChI=1S/C41H47N5O5/c1-5-30(6-2)43-41(49)44-32-14-18-38(39(24-32)50-4)51-37-17-13-31(23-27(37)3)42-40(48)28-11-15-33(16-12-28)46-26-29(35-9-7-8-10-36(35)46)25-45-21-19-34(47)20-22-45/h7-18,23-24,26,30,34,47H,5-6,19-22,25H2,1-4H3,(H,42,48)(H2,43,44,49). The van der Waals surface area contributed by atoms with Gasteiger partial charge in [-0.05, 0) is 104 Å². The molecule has 5 aromatic rings. The number of fused-ring (bicyclic) bond motifs is 1. The van der Waals surface area contributed by atoms with Gasteiger partial charge in [-0.25, -0.2) is 4.79 Å². The third kappa shape index (κ3) is 8.53. The number of anilines is 2. The Bertz CT molecular complexity index is 1980. The fourth-order valence-electron chi connectivity index (χ4n) is 6.52. The van der Waals surface area contributed by atoms with Gasteiger partial charge < -0.3 is 35.1 Å². The molecule has 0 spiro atoms. The second-order valence-corrected chi connectivity index (χ2v) is 13.1. The van der Waals surface area contributed by atoms with Crippen LogP contribution >= 0.6 is 0 Å². The highest BCUT2D eigenvalue weighted by Crippen LogP contribution is 2.36. The van der Waals surface area contributed by atoms with Gasteiger partial charge in [0.05, 0.1) is 18.7 Å². The molecule has 51 heavy (non-hydrogen) atoms. The Morgan fingerprint density at radius 3 is 2.24 bits per heavy atom. The number of aliphatic hydroxyl groups excluding tert-OH is 1. The van der Waals surface area contributed by atoms with Crippen LogP contribution < -0.4 is 25.4 Å². The summed E-state index contributed by atoms with van der Waals surface area (Å²) in [5.41, 5.74) is 5.95. The predicted molar refractivity (Wildman–Crippen MR) is 203 cm³/mol. The summed E-state index contributed by atoms with van der Waals surface area (Å²) in [4.78, 5) is 28.1. The van der Waals surface area contributed by atoms with Crippen LogP contribution in [-0.2, 0) is 6.54 Å². The Labute approximate surface area is 299 Å². The van der Waals surface area contributed by atoms with E-state index in [2.05, 4.69) is 49.8 Å². The first-order chi connectivity index (χ1) is 24.7. The molecular formula is C41H47N5O5. The maximum Gasteiger partial charge on any atom is 0.319 e. The van der Waals surface area contributed by atoms with Crippen molar-refractivity contribution in [2.24, 2.45) is 0 Å². The van der Waals surface area contributed by atoms with Crippen LogP contribution in [0.15, 0.2) is 91.1 Å². The topological polar surface area (TPSA) is 117 Å². The highest BCUT2D eigenvalue weighted by molar-refractivity contribution is 6.04. The monoisotopic (exact) mass is 689 g/mol. The number of rotatable bonds is 12. The van der Waals surface area contributed by atoms with Crippen LogP contribution in [0.1, 0.15) is 61.0 Å². The van der Waals surface area contributed by atoms with E-state index in [1.165, 1.54) is 10.9 Å². The van der Waals surface area contributed by atoms with Crippen LogP contribution in [0.25, 0.3) is 16.6 Å². The molecule has 6 rings (SSSR count). The molecular weight excluding hydrogens is 642 g/mol. The Hall–Kier alpha value is -5.32. The molecule has 3 amide bonds. The van der Waals surface area contributed by atoms with Crippen LogP contribution in [0.3, 0.4) is 0 Å². The summed E-state index contributed by atoms with van der Waals surface area (Å²) in [7, 11) is 1.55. The van der Waals surface area contributed by atoms with Crippen molar-refractivity contribution in [1.29, 1.82) is 0 Å². The summed E-state index contributed by atoms with van der Waals surface area (Å²) in [6.07, 6.45) is 5.33. The Kier molecular flexibility index (Phi) is 11.2. The summed E-state index contributed by atoms with van der Waals surface area (Å²) in [6, 6.07) is 26.6. The molecule has 1 aromatic heterocycles. The lowest BCUT2D eigenvalue weighted by atomic mass is 10.1. The average molecular weight is 690 g/mol. The van der Waals surface area contributed by atoms with Gasteiger partial charge in [0.1, 0.15) is 5.75 Å². The van der Waals surface area contributed by atoms with E-state index in [0.717, 1.165) is 62.1 Å². The number of hydrogen-bond acceptors (Lipinski definition) is 6. The number of carbonyl (C=O) groups excluding carboxylic acids is 2. The highest BCUT2D eigenvalue weighted by Gasteiger charge is 2.20. The van der Waals surface area contributed by atoms with Gasteiger partial charge >= 0.3 is 6.03 Å². The summed E-state index contributed by atoms with van der Waals surface area (Å²) in [6.45, 7) is 8.60. The number of benzene rings is 4. The number of nitrogens with one attached hydrogen (secondary N) is 3. The Balaban J connectivity index is 1.10. The van der Waals surface area contributed by atoms with Crippen LogP contribution in [0.2, 0.25) is 0 Å². The number of piperidine rings is 1. The lowest BCUT2D eigenvalue weighted by molar-refractivity contribution is 0.0794. The number of ether oxygens (including phenoxy) is 2. The fourth-order valence-corrected chi connectivity index (χ4v) is 6.52. The molecule has 10 nitrogen and oxygen atoms in total. The maximum atomic E-state index is 13.3. The molecule has 0 bridgehead atoms. The first kappa shape index (κ1) is 35.5. The van der Waals surface area contributed by atoms with Gasteiger partial charge in [-0.15, -0.1) is 0 Å². The van der Waals surface area contributed by atoms with Crippen LogP contribution in [-0.4, -0.2) is 58.9 Å². The average Bonchev–Trinajstić information content (AvgIpc) is 3.51. The molecule has 1 fully saturated rings. The third-order valence-electron chi connectivity index (χ3n) is 9.55. The fraction of sp³-hybridized carbons (Fsp3) is 0.317. The van der Waals surface area contributed by atoms with Crippen molar-refractivity contribution in [3.63, 3.8) is 0 Å². The normalized spacial score (nSPS) is 13.7. The Morgan fingerprint density at radius 1 is 0.863 bits per heavy atom. The van der Waals surface area contributed by atoms with Crippen molar-refractivity contribution in [2.45, 2.75) is 65.1 Å². The number of urea groups is 1. The quantitative estimate of drug-likeness (QED) is 0.105. The molecule has 10 heteroatoms. The zero-order valence-corrected chi connectivity index (χ0v) is 29.7. The first-order valence-electron chi connectivity index (χ1n) is 17.7. The summed E-state index contributed by atoms with van der Waals surface area (Å²) < 4.78 is 13.9. The molecule has 1 aliphatic rings. The molecule has 4 N–H and O–H groups in total. The number of para-hydroxylation sites is 1. The van der Waals surface area contributed by atoms with Crippen molar-refractivity contribution in [1.82, 2.24) is 14.8 Å². The SMILES string of the molecule is CCC(CC)NC(=O)Nc1ccc(Oc2ccc(NC(=O)c3ccc(-n4cc(CN5CCC(O)CC5)c5ccccc54)cc3)cc2C)c(OC)c1. The van der Waals surface area contributed by atoms with Gasteiger partial charge in [-0.2, -0.15) is 0 Å². The highest BCUT2D eigenvalue weighted by atomic mass is 16.5. The van der Waals surface area contributed by atoms with Crippen LogP contribution in [0.5, 0.6) is 17.2 Å². The van der Waals surface area contributed by atoms with Crippen LogP contribution in [0.4, 0.5) is 16.2 Å². The zero-order valence-electron chi connectivity index (χ0n) is 29.7. The van der Waals surface area contributed by atoms with Gasteiger partial charge in [-0.1, -0.05) is 32.0 Å². The van der Waals surface area contributed by atoms with E-state index in [1.807, 2.05) is 63.2 Å². The smallest absolute Gasteiger partial charge is 0.319 e. The van der Waals surface area contributed by atoms with Crippen molar-refractivity contribution >= 4 is 34.2 Å². The lowest BCUT2D eigenvalue weighted by Crippen LogP contribution is -2.37. The molecule has 4 aromatic carbocycles. The molecule has 0 saturated carbocycles. The molecule has 2 heterocycles. The molecule has 0 unspecified atom stereocenters. The van der Waals surface area contributed by atoms with Gasteiger partial charge in [0.25, 0.3) is 5.91 Å². The van der Waals surface area contributed by atoms with Crippen LogP contribution in [0, 0.1) is 6.92 Å². The van der Waals surface area contributed by atoms with E-state index in [1.54, 1.807) is 31.4 Å². The largest absolute Gasteiger partial charge is 0.493 e. The lowest BCUT2D eigenvalue weighted by Gasteiger charge is -2.29. The van der Waals surface area contributed by atoms with E-state index in [4.69, 9.17) is 9.47 Å². The number of aryl methyl sites for hydroxylation is 1. The van der Waals surface area contributed by atoms with E-state index >= 15 is 0 Å². The minimum absolute atomic E-state index is 0.114. The number of aromatic nitrogens is 1. The van der Waals surface area contributed by atoms with Crippen molar-refractivity contribution in [3.05, 3.63) is 108 Å². The first-order valence-corrected chi connectivity index (χ1v) is 17.7. The number of hydrogen-bond donors (Lipinski definition) is 4. The number of amides is 3. The number of methoxy groups -OCH3 is 1. The zero-order chi connectivity index (χ0) is 35.9. The van der Waals surface area contributed by atoms with E-state index in [9.17, 15) is 14.7 Å². The number of nitrogens with zero attached hydrogens (tertiary/aromatic N) is 2. The number of aliphatic hydroxyl groups is 1. The van der Waals surface area contributed by atoms with E-state index in [0.29, 0.717) is 34.2 Å². The summed E-state index contributed by atoms with van der Waals surface area (Å²) >= 11 is 0. The third-order valence-corrected chi connectivity index (χ3v) is 9.55. The number of likely N-dealkylation sites (tertiary alicyclic amines) is 1. The van der Waals surface area contributed by atoms with Gasteiger partial charge in [0, 0.05) is 66.0 Å². The van der Waals surface area contributed by atoms with Gasteiger partial charge in [0.15, 0.2) is 11.5 Å². The van der Waals surface area contributed by atoms with E-state index < -0.39 is 0 Å². The second kappa shape index (κ2) is 16.1. The molecule has 266 valence electrons. The summed E-state index contributed by atoms with van der Waals surface area (Å²) in [5.74, 6) is 1.37. The van der Waals surface area contributed by atoms with Crippen molar-refractivity contribution in [3.8, 4) is 22.9 Å². The maximum absolute atomic E-state index is 13.3. The minimum Gasteiger partial charge on any atom is -0.493 e. The molecule has 1 aliphatic heterocycles. The van der Waals surface area contributed by atoms with Gasteiger partial charge in [0.2, 0.25) is 0 Å². The number of carbonyl (C=O) groups is 2. The minimum atomic E-state index is -0.265. The van der Waals surface area contributed by atoms with Gasteiger partial charge in [-0.3, -0.25) is 9.69 Å². The summed E-state index contributed by atoms with van der Waals surface area (Å²) in [5, 5.41) is 20.0. The van der Waals surface area contributed by atoms with Crippen molar-refractivity contribution in [2.75, 3.05) is 30.8 Å². The molecule has 0 radical (unpaired) electrons. The molecule has 0 atom stereocenters. The Morgan fingerprint density at radius 2 is 1.55 bits per heavy atom. The molecule has 1 saturated heterocycles.